The van der Waals surface area contributed by atoms with E-state index in [9.17, 15) is 19.5 Å². The smallest absolute Gasteiger partial charge is 0.326 e. The topological polar surface area (TPSA) is 105 Å². The highest BCUT2D eigenvalue weighted by Gasteiger charge is 2.34. The maximum atomic E-state index is 13.0. The summed E-state index contributed by atoms with van der Waals surface area (Å²) >= 11 is 1.14. The van der Waals surface area contributed by atoms with Gasteiger partial charge in [-0.25, -0.2) is 14.5 Å². The van der Waals surface area contributed by atoms with Crippen LogP contribution in [0, 0.1) is 20.8 Å². The number of rotatable bonds is 3. The van der Waals surface area contributed by atoms with E-state index in [1.807, 2.05) is 13.8 Å². The first kappa shape index (κ1) is 19.2. The molecule has 3 rings (SSSR count). The first-order valence-corrected chi connectivity index (χ1v) is 9.60. The fourth-order valence-corrected chi connectivity index (χ4v) is 4.48. The molecule has 8 nitrogen and oxygen atoms in total. The van der Waals surface area contributed by atoms with Gasteiger partial charge < -0.3 is 10.0 Å². The molecule has 3 heterocycles. The molecule has 1 unspecified atom stereocenters. The summed E-state index contributed by atoms with van der Waals surface area (Å²) in [7, 11) is 1.58. The Morgan fingerprint density at radius 2 is 1.89 bits per heavy atom. The van der Waals surface area contributed by atoms with Gasteiger partial charge in [-0.05, 0) is 45.6 Å². The lowest BCUT2D eigenvalue weighted by molar-refractivity contribution is -0.143. The Morgan fingerprint density at radius 1 is 1.19 bits per heavy atom. The summed E-state index contributed by atoms with van der Waals surface area (Å²) < 4.78 is 1.26. The second-order valence-corrected chi connectivity index (χ2v) is 7.80. The van der Waals surface area contributed by atoms with Gasteiger partial charge in [-0.2, -0.15) is 5.10 Å². The summed E-state index contributed by atoms with van der Waals surface area (Å²) in [6.45, 7) is 5.75. The maximum absolute atomic E-state index is 13.0. The summed E-state index contributed by atoms with van der Waals surface area (Å²) in [5.74, 6) is -1.32. The van der Waals surface area contributed by atoms with E-state index in [0.717, 1.165) is 35.4 Å². The third-order valence-electron chi connectivity index (χ3n) is 4.98. The molecule has 1 N–H and O–H groups in total. The average Bonchev–Trinajstić information content (AvgIpc) is 3.01. The van der Waals surface area contributed by atoms with Crippen molar-refractivity contribution in [2.24, 2.45) is 7.05 Å². The van der Waals surface area contributed by atoms with Crippen molar-refractivity contribution in [3.05, 3.63) is 32.2 Å². The van der Waals surface area contributed by atoms with Gasteiger partial charge in [0.25, 0.3) is 11.5 Å². The SMILES string of the molecule is Cc1nc(-c2c(C)c(C)nn(C)c2=O)sc1C(=O)N1CCCCC1C(=O)O. The van der Waals surface area contributed by atoms with E-state index in [1.54, 1.807) is 14.0 Å². The van der Waals surface area contributed by atoms with Crippen LogP contribution in [0.4, 0.5) is 0 Å². The predicted molar refractivity (Wildman–Crippen MR) is 101 cm³/mol. The van der Waals surface area contributed by atoms with E-state index in [2.05, 4.69) is 10.1 Å². The summed E-state index contributed by atoms with van der Waals surface area (Å²) in [6.07, 6.45) is 2.03. The van der Waals surface area contributed by atoms with Gasteiger partial charge >= 0.3 is 5.97 Å². The van der Waals surface area contributed by atoms with Crippen molar-refractivity contribution in [3.63, 3.8) is 0 Å². The molecule has 1 fully saturated rings. The van der Waals surface area contributed by atoms with Gasteiger partial charge in [0.2, 0.25) is 0 Å². The highest BCUT2D eigenvalue weighted by Crippen LogP contribution is 2.31. The van der Waals surface area contributed by atoms with Crippen LogP contribution in [0.2, 0.25) is 0 Å². The molecule has 144 valence electrons. The number of carboxylic acids is 1. The lowest BCUT2D eigenvalue weighted by atomic mass is 10.0. The molecule has 1 saturated heterocycles. The summed E-state index contributed by atoms with van der Waals surface area (Å²) in [4.78, 5) is 43.4. The number of carboxylic acid groups (broad SMARTS) is 1. The zero-order valence-corrected chi connectivity index (χ0v) is 16.6. The van der Waals surface area contributed by atoms with Crippen LogP contribution in [0.25, 0.3) is 10.6 Å². The van der Waals surface area contributed by atoms with E-state index in [4.69, 9.17) is 0 Å². The fraction of sp³-hybridized carbons (Fsp3) is 0.500. The van der Waals surface area contributed by atoms with Gasteiger partial charge in [0, 0.05) is 13.6 Å². The molecule has 0 aliphatic carbocycles. The Hall–Kier alpha value is -2.55. The van der Waals surface area contributed by atoms with Crippen LogP contribution in [0.3, 0.4) is 0 Å². The van der Waals surface area contributed by atoms with E-state index in [1.165, 1.54) is 9.58 Å². The largest absolute Gasteiger partial charge is 0.480 e. The van der Waals surface area contributed by atoms with Crippen LogP contribution in [0.15, 0.2) is 4.79 Å². The van der Waals surface area contributed by atoms with E-state index >= 15 is 0 Å². The van der Waals surface area contributed by atoms with Crippen molar-refractivity contribution in [2.75, 3.05) is 6.54 Å². The lowest BCUT2D eigenvalue weighted by Gasteiger charge is -2.32. The molecular weight excluding hydrogens is 368 g/mol. The number of aromatic nitrogens is 3. The molecule has 2 aromatic heterocycles. The molecule has 0 radical (unpaired) electrons. The Labute approximate surface area is 160 Å². The lowest BCUT2D eigenvalue weighted by Crippen LogP contribution is -2.47. The van der Waals surface area contributed by atoms with Crippen molar-refractivity contribution < 1.29 is 14.7 Å². The third-order valence-corrected chi connectivity index (χ3v) is 6.14. The first-order chi connectivity index (χ1) is 12.7. The molecule has 0 spiro atoms. The van der Waals surface area contributed by atoms with Crippen LogP contribution in [0.5, 0.6) is 0 Å². The number of aliphatic carboxylic acids is 1. The first-order valence-electron chi connectivity index (χ1n) is 8.78. The maximum Gasteiger partial charge on any atom is 0.326 e. The number of thiazole rings is 1. The van der Waals surface area contributed by atoms with Crippen LogP contribution >= 0.6 is 11.3 Å². The number of piperidine rings is 1. The normalized spacial score (nSPS) is 17.2. The Balaban J connectivity index is 2.04. The zero-order valence-electron chi connectivity index (χ0n) is 15.8. The zero-order chi connectivity index (χ0) is 19.9. The molecule has 0 bridgehead atoms. The molecule has 1 atom stereocenters. The van der Waals surface area contributed by atoms with Gasteiger partial charge in [-0.15, -0.1) is 11.3 Å². The van der Waals surface area contributed by atoms with Gasteiger partial charge in [0.05, 0.1) is 17.0 Å². The molecule has 0 aromatic carbocycles. The summed E-state index contributed by atoms with van der Waals surface area (Å²) in [5, 5.41) is 14.1. The molecule has 1 aliphatic heterocycles. The van der Waals surface area contributed by atoms with Gasteiger partial charge in [0.15, 0.2) is 0 Å². The van der Waals surface area contributed by atoms with Gasteiger partial charge in [-0.3, -0.25) is 9.59 Å². The second kappa shape index (κ2) is 7.22. The minimum Gasteiger partial charge on any atom is -0.480 e. The second-order valence-electron chi connectivity index (χ2n) is 6.80. The predicted octanol–water partition coefficient (Wildman–Crippen LogP) is 1.91. The quantitative estimate of drug-likeness (QED) is 0.858. The molecule has 9 heteroatoms. The average molecular weight is 390 g/mol. The summed E-state index contributed by atoms with van der Waals surface area (Å²) in [5.41, 5.74) is 2.12. The number of aryl methyl sites for hydroxylation is 3. The molecule has 27 heavy (non-hydrogen) atoms. The third kappa shape index (κ3) is 3.39. The molecular formula is C18H22N4O4S. The van der Waals surface area contributed by atoms with Crippen LogP contribution in [-0.4, -0.2) is 49.2 Å². The number of amides is 1. The molecule has 0 saturated carbocycles. The van der Waals surface area contributed by atoms with Crippen molar-refractivity contribution in [1.29, 1.82) is 0 Å². The summed E-state index contributed by atoms with van der Waals surface area (Å²) in [6, 6.07) is -0.811. The Kier molecular flexibility index (Phi) is 5.14. The van der Waals surface area contributed by atoms with Crippen LogP contribution < -0.4 is 5.56 Å². The molecule has 1 aliphatic rings. The van der Waals surface area contributed by atoms with Crippen molar-refractivity contribution in [3.8, 4) is 10.6 Å². The van der Waals surface area contributed by atoms with Crippen LogP contribution in [0.1, 0.15) is 45.9 Å². The number of likely N-dealkylation sites (tertiary alicyclic amines) is 1. The fourth-order valence-electron chi connectivity index (χ4n) is 3.36. The number of carbonyl (C=O) groups is 2. The van der Waals surface area contributed by atoms with Crippen LogP contribution in [-0.2, 0) is 11.8 Å². The van der Waals surface area contributed by atoms with Gasteiger partial charge in [0.1, 0.15) is 15.9 Å². The number of hydrogen-bond donors (Lipinski definition) is 1. The minimum atomic E-state index is -0.986. The Morgan fingerprint density at radius 3 is 2.56 bits per heavy atom. The van der Waals surface area contributed by atoms with Crippen molar-refractivity contribution in [1.82, 2.24) is 19.7 Å². The monoisotopic (exact) mass is 390 g/mol. The van der Waals surface area contributed by atoms with E-state index in [0.29, 0.717) is 34.1 Å². The van der Waals surface area contributed by atoms with Gasteiger partial charge in [-0.1, -0.05) is 0 Å². The minimum absolute atomic E-state index is 0.271. The number of nitrogens with zero attached hydrogens (tertiary/aromatic N) is 4. The molecule has 1 amide bonds. The number of hydrogen-bond acceptors (Lipinski definition) is 6. The number of carbonyl (C=O) groups excluding carboxylic acids is 1. The molecule has 2 aromatic rings. The van der Waals surface area contributed by atoms with Crippen molar-refractivity contribution in [2.45, 2.75) is 46.1 Å². The van der Waals surface area contributed by atoms with E-state index < -0.39 is 12.0 Å². The van der Waals surface area contributed by atoms with Crippen molar-refractivity contribution >= 4 is 23.2 Å². The van der Waals surface area contributed by atoms with E-state index in [-0.39, 0.29) is 11.5 Å². The Bertz CT molecular complexity index is 978. The highest BCUT2D eigenvalue weighted by molar-refractivity contribution is 7.17. The standard InChI is InChI=1S/C18H22N4O4S/c1-9-10(2)20-21(4)16(23)13(9)15-19-11(3)14(27-15)17(24)22-8-6-5-7-12(22)18(25)26/h12H,5-8H2,1-4H3,(H,25,26). The highest BCUT2D eigenvalue weighted by atomic mass is 32.1.